The van der Waals surface area contributed by atoms with Gasteiger partial charge >= 0.3 is 0 Å². The Kier molecular flexibility index (Phi) is 16.0. The Hall–Kier alpha value is -14.1. The lowest BCUT2D eigenvalue weighted by atomic mass is 9.93. The Morgan fingerprint density at radius 1 is 0.136 bits per heavy atom. The number of benzene rings is 14. The van der Waals surface area contributed by atoms with E-state index in [0.29, 0.717) is 52.4 Å². The Morgan fingerprint density at radius 3 is 0.641 bits per heavy atom. The van der Waals surface area contributed by atoms with Crippen LogP contribution in [0.1, 0.15) is 0 Å². The van der Waals surface area contributed by atoms with Gasteiger partial charge in [0.25, 0.3) is 0 Å². The summed E-state index contributed by atoms with van der Waals surface area (Å²) < 4.78 is 2.35. The van der Waals surface area contributed by atoms with Crippen LogP contribution in [0.2, 0.25) is 0 Å². The van der Waals surface area contributed by atoms with Crippen LogP contribution in [0, 0.1) is 0 Å². The first-order chi connectivity index (χ1) is 51.0. The summed E-state index contributed by atoms with van der Waals surface area (Å²) in [5.41, 5.74) is 21.8. The van der Waals surface area contributed by atoms with Gasteiger partial charge in [-0.15, -0.1) is 0 Å². The molecule has 0 spiro atoms. The van der Waals surface area contributed by atoms with Crippen LogP contribution in [-0.2, 0) is 0 Å². The van der Waals surface area contributed by atoms with Crippen LogP contribution in [0.25, 0.3) is 186 Å². The maximum Gasteiger partial charge on any atom is 0.164 e. The van der Waals surface area contributed by atoms with E-state index in [-0.39, 0.29) is 0 Å². The zero-order chi connectivity index (χ0) is 68.4. The van der Waals surface area contributed by atoms with Crippen molar-refractivity contribution in [2.75, 3.05) is 0 Å². The molecule has 18 rings (SSSR count). The molecule has 10 nitrogen and oxygen atoms in total. The molecule has 0 fully saturated rings. The van der Waals surface area contributed by atoms with E-state index in [1.54, 1.807) is 0 Å². The standard InChI is InChI=1S/C93H60N10/c1-8-26-61(27-9-1)77-55-78(62-28-10-2-11-29-62)57-79(56-77)70-42-24-45-75(54-70)92-100-89(67-38-20-7-21-39-67)101-93(102-92)76-46-25-47-80(58-76)103-83-50-48-71(68-40-22-43-73(52-68)90-96-85(63-30-12-3-13-31-63)94-86(97-90)64-32-14-4-15-33-64)59-81(83)82-60-72(49-51-84(82)103)69-41-23-44-74(53-69)91-98-87(65-34-16-5-17-35-65)95-88(99-91)66-36-18-6-19-37-66/h1-60H. The lowest BCUT2D eigenvalue weighted by molar-refractivity contribution is 1.07. The highest BCUT2D eigenvalue weighted by atomic mass is 15.1. The first kappa shape index (κ1) is 61.3. The molecule has 482 valence electrons. The number of aromatic nitrogens is 10. The van der Waals surface area contributed by atoms with Crippen molar-refractivity contribution >= 4 is 21.8 Å². The zero-order valence-electron chi connectivity index (χ0n) is 55.6. The molecule has 0 unspecified atom stereocenters. The van der Waals surface area contributed by atoms with E-state index in [2.05, 4.69) is 229 Å². The molecule has 0 radical (unpaired) electrons. The minimum atomic E-state index is 0.550. The Bertz CT molecular complexity index is 5750. The molecule has 0 saturated heterocycles. The third-order valence-electron chi connectivity index (χ3n) is 18.7. The minimum absolute atomic E-state index is 0.550. The molecule has 0 amide bonds. The minimum Gasteiger partial charge on any atom is -0.309 e. The van der Waals surface area contributed by atoms with Gasteiger partial charge in [-0.1, -0.05) is 291 Å². The highest BCUT2D eigenvalue weighted by Crippen LogP contribution is 2.41. The number of nitrogens with zero attached hydrogens (tertiary/aromatic N) is 10. The average molecular weight is 1320 g/mol. The van der Waals surface area contributed by atoms with Crippen LogP contribution in [0.4, 0.5) is 0 Å². The molecule has 0 aliphatic carbocycles. The Morgan fingerprint density at radius 2 is 0.340 bits per heavy atom. The van der Waals surface area contributed by atoms with Gasteiger partial charge in [0.2, 0.25) is 0 Å². The van der Waals surface area contributed by atoms with E-state index >= 15 is 0 Å². The van der Waals surface area contributed by atoms with E-state index in [1.807, 2.05) is 140 Å². The molecule has 14 aromatic carbocycles. The number of hydrogen-bond donors (Lipinski definition) is 0. The number of hydrogen-bond acceptors (Lipinski definition) is 9. The van der Waals surface area contributed by atoms with Crippen molar-refractivity contribution < 1.29 is 0 Å². The molecule has 18 aromatic rings. The number of fused-ring (bicyclic) bond motifs is 3. The molecule has 0 aliphatic heterocycles. The normalized spacial score (nSPS) is 11.3. The summed E-state index contributed by atoms with van der Waals surface area (Å²) >= 11 is 0. The third kappa shape index (κ3) is 12.5. The predicted octanol–water partition coefficient (Wildman–Crippen LogP) is 22.7. The summed E-state index contributed by atoms with van der Waals surface area (Å²) in [4.78, 5) is 46.4. The van der Waals surface area contributed by atoms with Crippen molar-refractivity contribution in [1.82, 2.24) is 49.4 Å². The summed E-state index contributed by atoms with van der Waals surface area (Å²) in [7, 11) is 0. The fraction of sp³-hybridized carbons (Fsp3) is 0. The monoisotopic (exact) mass is 1320 g/mol. The molecule has 0 bridgehead atoms. The topological polar surface area (TPSA) is 121 Å². The quantitative estimate of drug-likeness (QED) is 0.0988. The smallest absolute Gasteiger partial charge is 0.164 e. The SMILES string of the molecule is c1ccc(-c2cc(-c3ccccc3)cc(-c3cccc(-c4nc(-c5ccccc5)nc(-c5cccc(-n6c7ccc(-c8cccc(-c9nc(-c%10ccccc%10)nc(-c%10ccccc%10)n9)c8)cc7c7cc(-c8cccc(-c9nc(-c%10ccccc%10)nc(-c%10ccccc%10)n9)c8)ccc76)c5)n4)c3)c2)cc1. The van der Waals surface area contributed by atoms with Gasteiger partial charge < -0.3 is 4.57 Å². The Balaban J connectivity index is 0.773. The van der Waals surface area contributed by atoms with E-state index in [4.69, 9.17) is 44.9 Å². The van der Waals surface area contributed by atoms with Crippen LogP contribution < -0.4 is 0 Å². The van der Waals surface area contributed by atoms with Crippen molar-refractivity contribution in [2.45, 2.75) is 0 Å². The van der Waals surface area contributed by atoms with Gasteiger partial charge in [-0.2, -0.15) is 0 Å². The molecular weight excluding hydrogens is 1260 g/mol. The number of rotatable bonds is 15. The Labute approximate surface area is 595 Å². The van der Waals surface area contributed by atoms with Crippen LogP contribution in [0.5, 0.6) is 0 Å². The van der Waals surface area contributed by atoms with E-state index in [9.17, 15) is 0 Å². The summed E-state index contributed by atoms with van der Waals surface area (Å²) in [6.07, 6.45) is 0. The maximum atomic E-state index is 5.38. The molecule has 0 aliphatic rings. The fourth-order valence-corrected chi connectivity index (χ4v) is 13.6. The van der Waals surface area contributed by atoms with Gasteiger partial charge in [-0.3, -0.25) is 0 Å². The molecular formula is C93H60N10. The first-order valence-electron chi connectivity index (χ1n) is 34.3. The van der Waals surface area contributed by atoms with Crippen molar-refractivity contribution in [3.63, 3.8) is 0 Å². The van der Waals surface area contributed by atoms with Crippen LogP contribution in [-0.4, -0.2) is 49.4 Å². The van der Waals surface area contributed by atoms with E-state index in [0.717, 1.165) is 133 Å². The van der Waals surface area contributed by atoms with Crippen LogP contribution in [0.15, 0.2) is 364 Å². The fourth-order valence-electron chi connectivity index (χ4n) is 13.6. The average Bonchev–Trinajstić information content (AvgIpc) is 1.59. The molecule has 0 saturated carbocycles. The van der Waals surface area contributed by atoms with Gasteiger partial charge in [0.1, 0.15) is 0 Å². The van der Waals surface area contributed by atoms with E-state index < -0.39 is 0 Å². The molecule has 4 aromatic heterocycles. The molecule has 10 heteroatoms. The molecule has 103 heavy (non-hydrogen) atoms. The largest absolute Gasteiger partial charge is 0.309 e. The maximum absolute atomic E-state index is 5.38. The summed E-state index contributed by atoms with van der Waals surface area (Å²) in [5, 5.41) is 2.13. The van der Waals surface area contributed by atoms with Gasteiger partial charge in [-0.05, 0) is 128 Å². The van der Waals surface area contributed by atoms with Gasteiger partial charge in [0.15, 0.2) is 52.4 Å². The summed E-state index contributed by atoms with van der Waals surface area (Å²) in [6, 6.07) is 126. The lowest BCUT2D eigenvalue weighted by Crippen LogP contribution is -2.01. The molecule has 0 N–H and O–H groups in total. The molecule has 0 atom stereocenters. The zero-order valence-corrected chi connectivity index (χ0v) is 55.6. The van der Waals surface area contributed by atoms with Crippen molar-refractivity contribution in [2.24, 2.45) is 0 Å². The third-order valence-corrected chi connectivity index (χ3v) is 18.7. The first-order valence-corrected chi connectivity index (χ1v) is 34.3. The second-order valence-corrected chi connectivity index (χ2v) is 25.4. The second-order valence-electron chi connectivity index (χ2n) is 25.4. The van der Waals surface area contributed by atoms with Crippen molar-refractivity contribution in [1.29, 1.82) is 0 Å². The van der Waals surface area contributed by atoms with Crippen molar-refractivity contribution in [3.05, 3.63) is 364 Å². The highest BCUT2D eigenvalue weighted by molar-refractivity contribution is 6.12. The predicted molar refractivity (Wildman–Crippen MR) is 417 cm³/mol. The van der Waals surface area contributed by atoms with Crippen LogP contribution in [0.3, 0.4) is 0 Å². The summed E-state index contributed by atoms with van der Waals surface area (Å²) in [6.45, 7) is 0. The van der Waals surface area contributed by atoms with Gasteiger partial charge in [0, 0.05) is 66.5 Å². The van der Waals surface area contributed by atoms with E-state index in [1.165, 1.54) is 0 Å². The van der Waals surface area contributed by atoms with Crippen molar-refractivity contribution in [3.8, 4) is 164 Å². The second kappa shape index (κ2) is 27.0. The summed E-state index contributed by atoms with van der Waals surface area (Å²) in [5.74, 6) is 5.28. The lowest BCUT2D eigenvalue weighted by Gasteiger charge is -2.13. The van der Waals surface area contributed by atoms with Gasteiger partial charge in [0.05, 0.1) is 11.0 Å². The highest BCUT2D eigenvalue weighted by Gasteiger charge is 2.21. The van der Waals surface area contributed by atoms with Gasteiger partial charge in [-0.25, -0.2) is 44.9 Å². The van der Waals surface area contributed by atoms with Crippen LogP contribution >= 0.6 is 0 Å². The molecule has 4 heterocycles.